The molecule has 0 aliphatic heterocycles. The largest absolute Gasteiger partial charge is 0.399 e. The number of rotatable bonds is 3. The predicted molar refractivity (Wildman–Crippen MR) is 80.6 cm³/mol. The number of anilines is 2. The van der Waals surface area contributed by atoms with Crippen molar-refractivity contribution in [3.63, 3.8) is 0 Å². The first-order chi connectivity index (χ1) is 9.08. The van der Waals surface area contributed by atoms with Gasteiger partial charge in [-0.1, -0.05) is 34.1 Å². The number of amides is 1. The molecule has 2 aromatic carbocycles. The van der Waals surface area contributed by atoms with E-state index >= 15 is 0 Å². The number of nitrogens with two attached hydrogens (primary N) is 2. The van der Waals surface area contributed by atoms with Gasteiger partial charge in [-0.3, -0.25) is 4.79 Å². The summed E-state index contributed by atoms with van der Waals surface area (Å²) in [6.45, 7) is 0.435. The molecular weight excluding hydrogens is 306 g/mol. The van der Waals surface area contributed by atoms with Crippen molar-refractivity contribution in [2.24, 2.45) is 0 Å². The summed E-state index contributed by atoms with van der Waals surface area (Å²) in [6.07, 6.45) is 0. The number of nitrogens with one attached hydrogen (secondary N) is 1. The van der Waals surface area contributed by atoms with Crippen molar-refractivity contribution in [1.82, 2.24) is 5.32 Å². The Morgan fingerprint density at radius 1 is 1.16 bits per heavy atom. The van der Waals surface area contributed by atoms with Crippen LogP contribution in [0.5, 0.6) is 0 Å². The Labute approximate surface area is 119 Å². The Bertz CT molecular complexity index is 613. The molecule has 0 heterocycles. The Hall–Kier alpha value is -2.01. The van der Waals surface area contributed by atoms with Crippen molar-refractivity contribution < 1.29 is 4.79 Å². The quantitative estimate of drug-likeness (QED) is 0.760. The minimum atomic E-state index is -0.215. The molecule has 0 fully saturated rings. The lowest BCUT2D eigenvalue weighted by molar-refractivity contribution is 0.0952. The fraction of sp³-hybridized carbons (Fsp3) is 0.0714. The number of hydrogen-bond donors (Lipinski definition) is 3. The maximum atomic E-state index is 12.0. The molecule has 0 aliphatic carbocycles. The summed E-state index contributed by atoms with van der Waals surface area (Å²) < 4.78 is 0.959. The fourth-order valence-electron chi connectivity index (χ4n) is 1.70. The molecule has 1 amide bonds. The highest BCUT2D eigenvalue weighted by Gasteiger charge is 2.09. The fourth-order valence-corrected chi connectivity index (χ4v) is 2.13. The topological polar surface area (TPSA) is 81.1 Å². The SMILES string of the molecule is Nc1ccc(C(=O)NCc2ccccc2Br)c(N)c1. The Morgan fingerprint density at radius 3 is 2.58 bits per heavy atom. The number of halogens is 1. The summed E-state index contributed by atoms with van der Waals surface area (Å²) in [5.41, 5.74) is 13.7. The predicted octanol–water partition coefficient (Wildman–Crippen LogP) is 2.54. The van der Waals surface area contributed by atoms with Crippen molar-refractivity contribution >= 4 is 33.2 Å². The van der Waals surface area contributed by atoms with Crippen molar-refractivity contribution in [3.05, 3.63) is 58.1 Å². The second kappa shape index (κ2) is 5.75. The van der Waals surface area contributed by atoms with Crippen molar-refractivity contribution in [2.75, 3.05) is 11.5 Å². The standard InChI is InChI=1S/C14H14BrN3O/c15-12-4-2-1-3-9(12)8-18-14(19)11-6-5-10(16)7-13(11)17/h1-7H,8,16-17H2,(H,18,19). The number of carbonyl (C=O) groups is 1. The minimum Gasteiger partial charge on any atom is -0.399 e. The molecule has 19 heavy (non-hydrogen) atoms. The Morgan fingerprint density at radius 2 is 1.89 bits per heavy atom. The number of nitrogen functional groups attached to an aromatic ring is 2. The lowest BCUT2D eigenvalue weighted by atomic mass is 10.1. The van der Waals surface area contributed by atoms with Crippen LogP contribution in [0, 0.1) is 0 Å². The zero-order chi connectivity index (χ0) is 13.8. The van der Waals surface area contributed by atoms with Crippen LogP contribution in [0.3, 0.4) is 0 Å². The van der Waals surface area contributed by atoms with Crippen LogP contribution in [0.2, 0.25) is 0 Å². The second-order valence-corrected chi connectivity index (χ2v) is 4.98. The third kappa shape index (κ3) is 3.26. The van der Waals surface area contributed by atoms with Gasteiger partial charge in [0.05, 0.1) is 5.56 Å². The van der Waals surface area contributed by atoms with Gasteiger partial charge in [0.1, 0.15) is 0 Å². The van der Waals surface area contributed by atoms with E-state index in [9.17, 15) is 4.79 Å². The third-order valence-electron chi connectivity index (χ3n) is 2.72. The number of carbonyl (C=O) groups excluding carboxylic acids is 1. The normalized spacial score (nSPS) is 10.2. The van der Waals surface area contributed by atoms with Gasteiger partial charge in [-0.25, -0.2) is 0 Å². The Kier molecular flexibility index (Phi) is 4.06. The van der Waals surface area contributed by atoms with Crippen LogP contribution in [-0.2, 0) is 6.54 Å². The molecule has 0 bridgehead atoms. The zero-order valence-corrected chi connectivity index (χ0v) is 11.8. The summed E-state index contributed by atoms with van der Waals surface area (Å²) in [5.74, 6) is -0.215. The molecular formula is C14H14BrN3O. The average Bonchev–Trinajstić information content (AvgIpc) is 2.37. The van der Waals surface area contributed by atoms with Crippen LogP contribution in [0.4, 0.5) is 11.4 Å². The van der Waals surface area contributed by atoms with E-state index in [-0.39, 0.29) is 5.91 Å². The van der Waals surface area contributed by atoms with Crippen LogP contribution in [0.15, 0.2) is 46.9 Å². The lowest BCUT2D eigenvalue weighted by Crippen LogP contribution is -2.24. The van der Waals surface area contributed by atoms with Crippen molar-refractivity contribution in [2.45, 2.75) is 6.54 Å². The molecule has 0 unspecified atom stereocenters. The van der Waals surface area contributed by atoms with Gasteiger partial charge in [0, 0.05) is 22.4 Å². The van der Waals surface area contributed by atoms with E-state index in [2.05, 4.69) is 21.2 Å². The molecule has 0 aromatic heterocycles. The molecule has 0 spiro atoms. The number of hydrogen-bond acceptors (Lipinski definition) is 3. The molecule has 0 radical (unpaired) electrons. The first-order valence-corrected chi connectivity index (χ1v) is 6.54. The highest BCUT2D eigenvalue weighted by Crippen LogP contribution is 2.17. The van der Waals surface area contributed by atoms with Gasteiger partial charge in [-0.2, -0.15) is 0 Å². The van der Waals surface area contributed by atoms with Gasteiger partial charge in [0.2, 0.25) is 0 Å². The summed E-state index contributed by atoms with van der Waals surface area (Å²) in [7, 11) is 0. The summed E-state index contributed by atoms with van der Waals surface area (Å²) in [6, 6.07) is 12.6. The molecule has 2 rings (SSSR count). The highest BCUT2D eigenvalue weighted by molar-refractivity contribution is 9.10. The van der Waals surface area contributed by atoms with E-state index < -0.39 is 0 Å². The molecule has 98 valence electrons. The summed E-state index contributed by atoms with van der Waals surface area (Å²) >= 11 is 3.43. The van der Waals surface area contributed by atoms with Crippen molar-refractivity contribution in [3.8, 4) is 0 Å². The van der Waals surface area contributed by atoms with Crippen LogP contribution in [0.25, 0.3) is 0 Å². The number of benzene rings is 2. The smallest absolute Gasteiger partial charge is 0.253 e. The van der Waals surface area contributed by atoms with E-state index in [1.54, 1.807) is 18.2 Å². The monoisotopic (exact) mass is 319 g/mol. The Balaban J connectivity index is 2.08. The van der Waals surface area contributed by atoms with E-state index in [0.717, 1.165) is 10.0 Å². The molecule has 4 nitrogen and oxygen atoms in total. The van der Waals surface area contributed by atoms with Gasteiger partial charge in [-0.15, -0.1) is 0 Å². The van der Waals surface area contributed by atoms with Gasteiger partial charge in [-0.05, 0) is 29.8 Å². The molecule has 0 saturated heterocycles. The van der Waals surface area contributed by atoms with Crippen LogP contribution in [0.1, 0.15) is 15.9 Å². The van der Waals surface area contributed by atoms with Gasteiger partial charge >= 0.3 is 0 Å². The van der Waals surface area contributed by atoms with E-state index in [0.29, 0.717) is 23.5 Å². The molecule has 0 saturated carbocycles. The van der Waals surface area contributed by atoms with Gasteiger partial charge < -0.3 is 16.8 Å². The van der Waals surface area contributed by atoms with Gasteiger partial charge in [0.25, 0.3) is 5.91 Å². The molecule has 5 heteroatoms. The first-order valence-electron chi connectivity index (χ1n) is 5.74. The molecule has 2 aromatic rings. The zero-order valence-electron chi connectivity index (χ0n) is 10.2. The first kappa shape index (κ1) is 13.4. The third-order valence-corrected chi connectivity index (χ3v) is 3.49. The second-order valence-electron chi connectivity index (χ2n) is 4.12. The maximum absolute atomic E-state index is 12.0. The minimum absolute atomic E-state index is 0.215. The lowest BCUT2D eigenvalue weighted by Gasteiger charge is -2.09. The average molecular weight is 320 g/mol. The summed E-state index contributed by atoms with van der Waals surface area (Å²) in [4.78, 5) is 12.0. The molecule has 5 N–H and O–H groups in total. The summed E-state index contributed by atoms with van der Waals surface area (Å²) in [5, 5.41) is 2.83. The highest BCUT2D eigenvalue weighted by atomic mass is 79.9. The molecule has 0 aliphatic rings. The van der Waals surface area contributed by atoms with Crippen molar-refractivity contribution in [1.29, 1.82) is 0 Å². The maximum Gasteiger partial charge on any atom is 0.253 e. The van der Waals surface area contributed by atoms with E-state index in [1.807, 2.05) is 24.3 Å². The van der Waals surface area contributed by atoms with Crippen LogP contribution in [-0.4, -0.2) is 5.91 Å². The van der Waals surface area contributed by atoms with Crippen LogP contribution < -0.4 is 16.8 Å². The van der Waals surface area contributed by atoms with E-state index in [4.69, 9.17) is 11.5 Å². The van der Waals surface area contributed by atoms with Gasteiger partial charge in [0.15, 0.2) is 0 Å². The molecule has 0 atom stereocenters. The van der Waals surface area contributed by atoms with E-state index in [1.165, 1.54) is 0 Å². The van der Waals surface area contributed by atoms with Crippen LogP contribution >= 0.6 is 15.9 Å².